The van der Waals surface area contributed by atoms with Crippen molar-refractivity contribution in [2.75, 3.05) is 9.80 Å². The quantitative estimate of drug-likeness (QED) is 0.0888. The summed E-state index contributed by atoms with van der Waals surface area (Å²) in [5, 5.41) is 19.8. The highest BCUT2D eigenvalue weighted by Gasteiger charge is 2.42. The Balaban J connectivity index is 0.575. The van der Waals surface area contributed by atoms with E-state index in [4.69, 9.17) is 0 Å². The normalized spacial score (nSPS) is 14.2. The fourth-order valence-corrected chi connectivity index (χ4v) is 19.8. The molecule has 0 amide bonds. The van der Waals surface area contributed by atoms with E-state index in [-0.39, 0.29) is 16.2 Å². The maximum atomic E-state index is 2.55. The summed E-state index contributed by atoms with van der Waals surface area (Å²) >= 11 is 0. The maximum absolute atomic E-state index is 2.55. The van der Waals surface area contributed by atoms with Crippen molar-refractivity contribution < 1.29 is 0 Å². The number of nitrogens with zero attached hydrogens (tertiary/aromatic N) is 2. The first-order valence-electron chi connectivity index (χ1n) is 38.9. The van der Waals surface area contributed by atoms with Crippen molar-refractivity contribution in [2.24, 2.45) is 0 Å². The molecule has 0 aromatic heterocycles. The summed E-state index contributed by atoms with van der Waals surface area (Å²) in [5.41, 5.74) is 27.3. The Morgan fingerprint density at radius 3 is 0.716 bits per heavy atom. The third kappa shape index (κ3) is 9.87. The van der Waals surface area contributed by atoms with Crippen molar-refractivity contribution in [3.8, 4) is 33.4 Å². The van der Waals surface area contributed by atoms with Crippen molar-refractivity contribution in [2.45, 2.75) is 70.6 Å². The van der Waals surface area contributed by atoms with Crippen LogP contribution in [-0.4, -0.2) is 0 Å². The van der Waals surface area contributed by atoms with E-state index in [0.29, 0.717) is 0 Å². The van der Waals surface area contributed by atoms with Gasteiger partial charge in [0.1, 0.15) is 0 Å². The topological polar surface area (TPSA) is 6.48 Å². The Labute approximate surface area is 637 Å². The van der Waals surface area contributed by atoms with Gasteiger partial charge in [0.05, 0.1) is 22.7 Å². The molecule has 18 aromatic carbocycles. The molecule has 0 unspecified atom stereocenters. The van der Waals surface area contributed by atoms with Gasteiger partial charge in [-0.1, -0.05) is 345 Å². The van der Waals surface area contributed by atoms with E-state index in [0.717, 1.165) is 24.2 Å². The standard InChI is InChI=1S/C107H80N2/c1-7-107(8-2)99-59-69(43-41-67-45-51-85-87-55-49-75(65-97(87)105(3,4)95(85)57-67)108(101-61-71-25-9-13-29-77(71)81-33-17-21-37-91(81)101)102-62-72-26-10-14-30-78(72)82-34-18-22-38-92(82)102)47-53-89(99)90-54-48-70(60-100(90)107)44-42-68-46-52-86-88-56-50-76(66-98(88)106(5,6)96(86)58-68)109(103-63-73-27-11-15-31-79(73)83-35-19-23-39-93(83)103)104-64-74-28-12-16-32-80(74)84-36-20-24-40-94(84)104/h9-66H,7-8H2,1-6H3/b43-41+,44-42+. The molecule has 0 bridgehead atoms. The zero-order chi connectivity index (χ0) is 73.0. The minimum absolute atomic E-state index is 0.112. The molecule has 0 spiro atoms. The third-order valence-electron chi connectivity index (χ3n) is 25.4. The van der Waals surface area contributed by atoms with Crippen LogP contribution in [0.1, 0.15) is 110 Å². The molecule has 109 heavy (non-hydrogen) atoms. The van der Waals surface area contributed by atoms with Crippen LogP contribution in [0.5, 0.6) is 0 Å². The largest absolute Gasteiger partial charge is 0.309 e. The van der Waals surface area contributed by atoms with Gasteiger partial charge in [-0.3, -0.25) is 0 Å². The summed E-state index contributed by atoms with van der Waals surface area (Å²) in [7, 11) is 0. The Morgan fingerprint density at radius 2 is 0.440 bits per heavy atom. The summed E-state index contributed by atoms with van der Waals surface area (Å²) in [6.07, 6.45) is 11.4. The molecule has 0 fully saturated rings. The number of hydrogen-bond donors (Lipinski definition) is 0. The molecule has 21 rings (SSSR count). The lowest BCUT2D eigenvalue weighted by Crippen LogP contribution is -2.23. The van der Waals surface area contributed by atoms with Gasteiger partial charge in [-0.25, -0.2) is 0 Å². The van der Waals surface area contributed by atoms with Gasteiger partial charge in [0.15, 0.2) is 0 Å². The Hall–Kier alpha value is -12.9. The van der Waals surface area contributed by atoms with Crippen LogP contribution < -0.4 is 9.80 Å². The number of rotatable bonds is 12. The maximum Gasteiger partial charge on any atom is 0.0546 e. The molecule has 0 N–H and O–H groups in total. The van der Waals surface area contributed by atoms with Gasteiger partial charge in [-0.05, 0) is 215 Å². The van der Waals surface area contributed by atoms with Gasteiger partial charge >= 0.3 is 0 Å². The van der Waals surface area contributed by atoms with Gasteiger partial charge in [0.2, 0.25) is 0 Å². The fraction of sp³-hybridized carbons (Fsp3) is 0.103. The van der Waals surface area contributed by atoms with Crippen LogP contribution in [0.25, 0.3) is 144 Å². The smallest absolute Gasteiger partial charge is 0.0546 e. The van der Waals surface area contributed by atoms with E-state index in [9.17, 15) is 0 Å². The molecule has 518 valence electrons. The first kappa shape index (κ1) is 64.5. The summed E-state index contributed by atoms with van der Waals surface area (Å²) in [6.45, 7) is 14.4. The third-order valence-corrected chi connectivity index (χ3v) is 25.4. The van der Waals surface area contributed by atoms with Crippen LogP contribution >= 0.6 is 0 Å². The second-order valence-electron chi connectivity index (χ2n) is 31.7. The van der Waals surface area contributed by atoms with Crippen LogP contribution in [0.4, 0.5) is 34.1 Å². The van der Waals surface area contributed by atoms with Crippen LogP contribution in [0.15, 0.2) is 328 Å². The van der Waals surface area contributed by atoms with E-state index < -0.39 is 0 Å². The van der Waals surface area contributed by atoms with E-state index in [1.807, 2.05) is 0 Å². The highest BCUT2D eigenvalue weighted by atomic mass is 15.2. The molecular weight excluding hydrogens is 1310 g/mol. The summed E-state index contributed by atoms with van der Waals surface area (Å²) in [6, 6.07) is 124. The lowest BCUT2D eigenvalue weighted by molar-refractivity contribution is 0.490. The lowest BCUT2D eigenvalue weighted by Gasteiger charge is -2.31. The van der Waals surface area contributed by atoms with E-state index in [2.05, 4.69) is 403 Å². The van der Waals surface area contributed by atoms with Crippen LogP contribution in [0.2, 0.25) is 0 Å². The SMILES string of the molecule is CCC1(CC)c2cc(/C=C/c3ccc4c(c3)C(C)(C)c3cc(N(c5cc6ccccc6c6ccccc56)c5cc6ccccc6c6ccccc56)ccc3-4)ccc2-c2ccc(/C=C/c3ccc4c(c3)C(C)(C)c3cc(N(c5cc6ccccc6c6ccccc56)c5cc6ccccc6c6ccccc56)ccc3-4)cc21. The van der Waals surface area contributed by atoms with Crippen LogP contribution in [0, 0.1) is 0 Å². The highest BCUT2D eigenvalue weighted by Crippen LogP contribution is 2.58. The van der Waals surface area contributed by atoms with Gasteiger partial charge in [0, 0.05) is 49.2 Å². The fourth-order valence-electron chi connectivity index (χ4n) is 19.8. The van der Waals surface area contributed by atoms with Crippen molar-refractivity contribution in [1.82, 2.24) is 0 Å². The molecule has 0 radical (unpaired) electrons. The average Bonchev–Trinajstić information content (AvgIpc) is 1.62. The molecule has 2 nitrogen and oxygen atoms in total. The number of hydrogen-bond acceptors (Lipinski definition) is 2. The zero-order valence-corrected chi connectivity index (χ0v) is 62.3. The summed E-state index contributed by atoms with van der Waals surface area (Å²) in [5.74, 6) is 0. The zero-order valence-electron chi connectivity index (χ0n) is 62.3. The molecule has 0 aliphatic heterocycles. The first-order chi connectivity index (χ1) is 53.4. The predicted octanol–water partition coefficient (Wildman–Crippen LogP) is 29.9. The van der Waals surface area contributed by atoms with E-state index >= 15 is 0 Å². The van der Waals surface area contributed by atoms with Crippen molar-refractivity contribution >= 4 is 145 Å². The second-order valence-corrected chi connectivity index (χ2v) is 31.7. The second kappa shape index (κ2) is 24.6. The van der Waals surface area contributed by atoms with Crippen molar-refractivity contribution in [3.63, 3.8) is 0 Å². The average molecular weight is 1390 g/mol. The molecular formula is C107H80N2. The van der Waals surface area contributed by atoms with Crippen molar-refractivity contribution in [3.05, 3.63) is 383 Å². The number of anilines is 6. The lowest BCUT2D eigenvalue weighted by atomic mass is 9.73. The minimum atomic E-state index is -0.269. The van der Waals surface area contributed by atoms with Gasteiger partial charge in [0.25, 0.3) is 0 Å². The Morgan fingerprint density at radius 1 is 0.220 bits per heavy atom. The number of benzene rings is 18. The molecule has 0 heterocycles. The van der Waals surface area contributed by atoms with Crippen molar-refractivity contribution in [1.29, 1.82) is 0 Å². The molecule has 3 aliphatic carbocycles. The van der Waals surface area contributed by atoms with Gasteiger partial charge in [-0.2, -0.15) is 0 Å². The molecule has 0 atom stereocenters. The van der Waals surface area contributed by atoms with Crippen LogP contribution in [0.3, 0.4) is 0 Å². The summed E-state index contributed by atoms with van der Waals surface area (Å²) in [4.78, 5) is 5.10. The monoisotopic (exact) mass is 1390 g/mol. The Kier molecular flexibility index (Phi) is 14.5. The summed E-state index contributed by atoms with van der Waals surface area (Å²) < 4.78 is 0. The molecule has 18 aromatic rings. The van der Waals surface area contributed by atoms with Gasteiger partial charge < -0.3 is 9.80 Å². The number of fused-ring (bicyclic) bond motifs is 21. The van der Waals surface area contributed by atoms with E-state index in [1.165, 1.54) is 198 Å². The van der Waals surface area contributed by atoms with Crippen LogP contribution in [-0.2, 0) is 16.2 Å². The highest BCUT2D eigenvalue weighted by molar-refractivity contribution is 6.21. The molecule has 0 saturated carbocycles. The minimum Gasteiger partial charge on any atom is -0.309 e. The molecule has 0 saturated heterocycles. The Bertz CT molecular complexity index is 6320. The van der Waals surface area contributed by atoms with E-state index in [1.54, 1.807) is 0 Å². The predicted molar refractivity (Wildman–Crippen MR) is 469 cm³/mol. The molecule has 2 heteroatoms. The first-order valence-corrected chi connectivity index (χ1v) is 38.9. The molecule has 3 aliphatic rings. The van der Waals surface area contributed by atoms with Gasteiger partial charge in [-0.15, -0.1) is 0 Å².